The lowest BCUT2D eigenvalue weighted by atomic mass is 10.2. The van der Waals surface area contributed by atoms with Gasteiger partial charge < -0.3 is 5.11 Å². The van der Waals surface area contributed by atoms with Crippen LogP contribution in [0.2, 0.25) is 5.02 Å². The van der Waals surface area contributed by atoms with Crippen LogP contribution >= 0.6 is 46.9 Å². The van der Waals surface area contributed by atoms with E-state index in [0.29, 0.717) is 14.9 Å². The Morgan fingerprint density at radius 2 is 2.08 bits per heavy atom. The Kier molecular flexibility index (Phi) is 5.00. The van der Waals surface area contributed by atoms with Gasteiger partial charge in [-0.1, -0.05) is 47.7 Å². The summed E-state index contributed by atoms with van der Waals surface area (Å²) in [5.74, 6) is -1.51. The Morgan fingerprint density at radius 3 is 2.75 bits per heavy atom. The molecule has 1 aliphatic heterocycles. The van der Waals surface area contributed by atoms with E-state index >= 15 is 0 Å². The second-order valence-electron chi connectivity index (χ2n) is 4.73. The van der Waals surface area contributed by atoms with Crippen molar-refractivity contribution in [1.29, 1.82) is 0 Å². The first kappa shape index (κ1) is 17.1. The molecule has 122 valence electrons. The molecule has 24 heavy (non-hydrogen) atoms. The van der Waals surface area contributed by atoms with E-state index < -0.39 is 18.4 Å². The zero-order chi connectivity index (χ0) is 17.3. The van der Waals surface area contributed by atoms with Gasteiger partial charge in [0.15, 0.2) is 0 Å². The lowest BCUT2D eigenvalue weighted by Crippen LogP contribution is -2.33. The molecule has 1 saturated heterocycles. The van der Waals surface area contributed by atoms with E-state index in [9.17, 15) is 9.59 Å². The number of carboxylic acids is 1. The van der Waals surface area contributed by atoms with Crippen LogP contribution in [0.5, 0.6) is 0 Å². The zero-order valence-corrected chi connectivity index (χ0v) is 15.1. The molecule has 1 amide bonds. The number of amides is 1. The van der Waals surface area contributed by atoms with Crippen LogP contribution in [0.1, 0.15) is 5.01 Å². The molecule has 1 aromatic heterocycles. The predicted octanol–water partition coefficient (Wildman–Crippen LogP) is 3.75. The summed E-state index contributed by atoms with van der Waals surface area (Å²) in [6.07, 6.45) is 3.35. The molecule has 0 atom stereocenters. The molecule has 1 aliphatic rings. The number of benzene rings is 1. The number of thiazole rings is 1. The van der Waals surface area contributed by atoms with Crippen molar-refractivity contribution in [2.75, 3.05) is 6.54 Å². The molecule has 0 radical (unpaired) electrons. The molecule has 1 aromatic carbocycles. The lowest BCUT2D eigenvalue weighted by Gasteiger charge is -2.09. The number of hydrogen-bond acceptors (Lipinski definition) is 6. The van der Waals surface area contributed by atoms with Gasteiger partial charge in [0, 0.05) is 11.2 Å². The number of aromatic nitrogens is 1. The third-order valence-electron chi connectivity index (χ3n) is 3.07. The minimum Gasteiger partial charge on any atom is -0.480 e. The number of aliphatic carboxylic acids is 1. The number of carboxylic acid groups (broad SMARTS) is 1. The third kappa shape index (κ3) is 3.67. The van der Waals surface area contributed by atoms with Crippen molar-refractivity contribution in [2.45, 2.75) is 0 Å². The molecule has 9 heteroatoms. The van der Waals surface area contributed by atoms with Crippen molar-refractivity contribution in [3.63, 3.8) is 0 Å². The maximum atomic E-state index is 12.2. The molecule has 2 heterocycles. The molecule has 0 spiro atoms. The number of carbonyl (C=O) groups is 2. The Morgan fingerprint density at radius 1 is 1.38 bits per heavy atom. The van der Waals surface area contributed by atoms with Crippen molar-refractivity contribution in [2.24, 2.45) is 0 Å². The maximum Gasteiger partial charge on any atom is 0.323 e. The molecular formula is C15H9ClN2O3S3. The van der Waals surface area contributed by atoms with Gasteiger partial charge in [-0.2, -0.15) is 0 Å². The van der Waals surface area contributed by atoms with Crippen molar-refractivity contribution in [3.05, 3.63) is 45.4 Å². The molecule has 0 saturated carbocycles. The predicted molar refractivity (Wildman–Crippen MR) is 100 cm³/mol. The molecule has 1 fully saturated rings. The summed E-state index contributed by atoms with van der Waals surface area (Å²) >= 11 is 13.4. The highest BCUT2D eigenvalue weighted by molar-refractivity contribution is 8.26. The van der Waals surface area contributed by atoms with Gasteiger partial charge >= 0.3 is 5.97 Å². The standard InChI is InChI=1S/C15H9ClN2O3S3/c16-9-3-1-8(2-4-9)11-6-17-12(23-11)5-10-14(21)18(7-13(19)20)15(22)24-10/h1-6H,7H2,(H,19,20)/b10-5-. The first-order valence-electron chi connectivity index (χ1n) is 6.63. The second-order valence-corrected chi connectivity index (χ2v) is 7.91. The highest BCUT2D eigenvalue weighted by atomic mass is 35.5. The molecule has 3 rings (SSSR count). The van der Waals surface area contributed by atoms with Crippen LogP contribution < -0.4 is 0 Å². The van der Waals surface area contributed by atoms with Crippen LogP contribution in [0.3, 0.4) is 0 Å². The summed E-state index contributed by atoms with van der Waals surface area (Å²) in [4.78, 5) is 29.7. The van der Waals surface area contributed by atoms with Crippen LogP contribution in [-0.4, -0.2) is 37.7 Å². The summed E-state index contributed by atoms with van der Waals surface area (Å²) in [6, 6.07) is 7.39. The highest BCUT2D eigenvalue weighted by Crippen LogP contribution is 2.34. The number of thioether (sulfide) groups is 1. The topological polar surface area (TPSA) is 70.5 Å². The van der Waals surface area contributed by atoms with E-state index in [0.717, 1.165) is 27.1 Å². The van der Waals surface area contributed by atoms with Crippen molar-refractivity contribution < 1.29 is 14.7 Å². The number of rotatable bonds is 4. The number of halogens is 1. The quantitative estimate of drug-likeness (QED) is 0.627. The first-order valence-corrected chi connectivity index (χ1v) is 9.05. The van der Waals surface area contributed by atoms with Crippen molar-refractivity contribution in [1.82, 2.24) is 9.88 Å². The van der Waals surface area contributed by atoms with Crippen LogP contribution in [0.4, 0.5) is 0 Å². The van der Waals surface area contributed by atoms with Crippen LogP contribution in [0.25, 0.3) is 16.5 Å². The molecule has 0 aliphatic carbocycles. The first-order chi connectivity index (χ1) is 11.4. The average Bonchev–Trinajstić information content (AvgIpc) is 3.09. The van der Waals surface area contributed by atoms with Crippen LogP contribution in [0.15, 0.2) is 35.4 Å². The van der Waals surface area contributed by atoms with Gasteiger partial charge in [0.25, 0.3) is 5.91 Å². The maximum absolute atomic E-state index is 12.2. The second kappa shape index (κ2) is 7.02. The fourth-order valence-electron chi connectivity index (χ4n) is 1.99. The third-order valence-corrected chi connectivity index (χ3v) is 5.70. The highest BCUT2D eigenvalue weighted by Gasteiger charge is 2.33. The largest absolute Gasteiger partial charge is 0.480 e. The molecule has 1 N–H and O–H groups in total. The van der Waals surface area contributed by atoms with E-state index in [4.69, 9.17) is 28.9 Å². The van der Waals surface area contributed by atoms with Gasteiger partial charge in [0.05, 0.1) is 9.78 Å². The Bertz CT molecular complexity index is 861. The van der Waals surface area contributed by atoms with Crippen molar-refractivity contribution in [3.8, 4) is 10.4 Å². The lowest BCUT2D eigenvalue weighted by molar-refractivity contribution is -0.140. The van der Waals surface area contributed by atoms with Gasteiger partial charge in [-0.3, -0.25) is 14.5 Å². The van der Waals surface area contributed by atoms with E-state index in [1.54, 1.807) is 24.4 Å². The molecular weight excluding hydrogens is 388 g/mol. The minimum absolute atomic E-state index is 0.239. The zero-order valence-electron chi connectivity index (χ0n) is 11.9. The van der Waals surface area contributed by atoms with Gasteiger partial charge in [0.1, 0.15) is 15.9 Å². The van der Waals surface area contributed by atoms with E-state index in [-0.39, 0.29) is 4.32 Å². The molecule has 0 bridgehead atoms. The fraction of sp³-hybridized carbons (Fsp3) is 0.0667. The Hall–Kier alpha value is -1.74. The smallest absolute Gasteiger partial charge is 0.323 e. The molecule has 5 nitrogen and oxygen atoms in total. The summed E-state index contributed by atoms with van der Waals surface area (Å²) in [5.41, 5.74) is 0.981. The van der Waals surface area contributed by atoms with Crippen molar-refractivity contribution >= 4 is 69.2 Å². The summed E-state index contributed by atoms with van der Waals surface area (Å²) in [6.45, 7) is -0.435. The van der Waals surface area contributed by atoms with Gasteiger partial charge in [-0.25, -0.2) is 4.98 Å². The fourth-order valence-corrected chi connectivity index (χ4v) is 4.28. The van der Waals surface area contributed by atoms with E-state index in [2.05, 4.69) is 4.98 Å². The normalized spacial score (nSPS) is 16.2. The number of thiocarbonyl (C=S) groups is 1. The SMILES string of the molecule is O=C(O)CN1C(=O)/C(=C/c2ncc(-c3ccc(Cl)cc3)s2)SC1=S. The van der Waals surface area contributed by atoms with E-state index in [1.165, 1.54) is 11.3 Å². The van der Waals surface area contributed by atoms with Crippen LogP contribution in [-0.2, 0) is 9.59 Å². The van der Waals surface area contributed by atoms with Gasteiger partial charge in [0.2, 0.25) is 0 Å². The minimum atomic E-state index is -1.10. The van der Waals surface area contributed by atoms with Gasteiger partial charge in [-0.05, 0) is 23.8 Å². The number of nitrogens with zero attached hydrogens (tertiary/aromatic N) is 2. The molecule has 2 aromatic rings. The average molecular weight is 397 g/mol. The Labute approximate surface area is 156 Å². The van der Waals surface area contributed by atoms with Crippen LogP contribution in [0, 0.1) is 0 Å². The Balaban J connectivity index is 1.82. The summed E-state index contributed by atoms with van der Waals surface area (Å²) < 4.78 is 0.239. The molecule has 0 unspecified atom stereocenters. The summed E-state index contributed by atoms with van der Waals surface area (Å²) in [5, 5.41) is 10.1. The number of hydrogen-bond donors (Lipinski definition) is 1. The monoisotopic (exact) mass is 396 g/mol. The number of carbonyl (C=O) groups excluding carboxylic acids is 1. The summed E-state index contributed by atoms with van der Waals surface area (Å²) in [7, 11) is 0. The van der Waals surface area contributed by atoms with Gasteiger partial charge in [-0.15, -0.1) is 11.3 Å². The van der Waals surface area contributed by atoms with E-state index in [1.807, 2.05) is 12.1 Å².